The molecule has 0 atom stereocenters. The number of ether oxygens (including phenoxy) is 1. The van der Waals surface area contributed by atoms with Crippen molar-refractivity contribution in [3.8, 4) is 5.75 Å². The molecule has 0 aromatic heterocycles. The molecule has 2 aliphatic rings. The number of aliphatic imine (C=N–C) groups is 1. The molecular weight excluding hydrogens is 328 g/mol. The van der Waals surface area contributed by atoms with Crippen LogP contribution in [0.5, 0.6) is 5.75 Å². The summed E-state index contributed by atoms with van der Waals surface area (Å²) in [6.07, 6.45) is 6.00. The van der Waals surface area contributed by atoms with Gasteiger partial charge in [-0.2, -0.15) is 0 Å². The van der Waals surface area contributed by atoms with Crippen LogP contribution in [-0.2, 0) is 11.3 Å². The summed E-state index contributed by atoms with van der Waals surface area (Å²) >= 11 is 0. The molecular formula is C20H30N4O2. The third-order valence-corrected chi connectivity index (χ3v) is 4.93. The number of hydrogen-bond donors (Lipinski definition) is 2. The summed E-state index contributed by atoms with van der Waals surface area (Å²) in [7, 11) is 1.72. The lowest BCUT2D eigenvalue weighted by molar-refractivity contribution is -0.130. The SMILES string of the molecule is CN=C(NCC(=O)N1CCCCC1)NCc1ccccc1OCC1CC1. The van der Waals surface area contributed by atoms with Gasteiger partial charge in [0.1, 0.15) is 5.75 Å². The molecule has 1 aliphatic heterocycles. The molecule has 1 saturated heterocycles. The summed E-state index contributed by atoms with van der Waals surface area (Å²) in [4.78, 5) is 18.4. The van der Waals surface area contributed by atoms with Crippen molar-refractivity contribution in [3.63, 3.8) is 0 Å². The molecule has 1 aromatic carbocycles. The Morgan fingerprint density at radius 2 is 1.96 bits per heavy atom. The van der Waals surface area contributed by atoms with Crippen molar-refractivity contribution in [2.75, 3.05) is 33.3 Å². The minimum atomic E-state index is 0.140. The normalized spacial score (nSPS) is 17.7. The molecule has 1 saturated carbocycles. The number of hydrogen-bond acceptors (Lipinski definition) is 3. The van der Waals surface area contributed by atoms with Crippen molar-refractivity contribution in [2.45, 2.75) is 38.6 Å². The predicted octanol–water partition coefficient (Wildman–Crippen LogP) is 2.15. The first-order chi connectivity index (χ1) is 12.8. The largest absolute Gasteiger partial charge is 0.493 e. The van der Waals surface area contributed by atoms with Gasteiger partial charge < -0.3 is 20.3 Å². The molecule has 3 rings (SSSR count). The Kier molecular flexibility index (Phi) is 6.75. The van der Waals surface area contributed by atoms with E-state index in [9.17, 15) is 4.79 Å². The van der Waals surface area contributed by atoms with E-state index < -0.39 is 0 Å². The van der Waals surface area contributed by atoms with Gasteiger partial charge in [-0.1, -0.05) is 18.2 Å². The van der Waals surface area contributed by atoms with Crippen LogP contribution in [0.1, 0.15) is 37.7 Å². The number of carbonyl (C=O) groups is 1. The zero-order valence-corrected chi connectivity index (χ0v) is 15.7. The zero-order chi connectivity index (χ0) is 18.2. The van der Waals surface area contributed by atoms with Crippen LogP contribution in [0, 0.1) is 5.92 Å². The van der Waals surface area contributed by atoms with Crippen LogP contribution in [0.25, 0.3) is 0 Å². The number of guanidine groups is 1. The predicted molar refractivity (Wildman–Crippen MR) is 103 cm³/mol. The Labute approximate surface area is 156 Å². The van der Waals surface area contributed by atoms with Crippen molar-refractivity contribution < 1.29 is 9.53 Å². The lowest BCUT2D eigenvalue weighted by atomic mass is 10.1. The van der Waals surface area contributed by atoms with Gasteiger partial charge in [0, 0.05) is 32.2 Å². The quantitative estimate of drug-likeness (QED) is 0.579. The van der Waals surface area contributed by atoms with Gasteiger partial charge in [-0.15, -0.1) is 0 Å². The van der Waals surface area contributed by atoms with Crippen LogP contribution in [0.2, 0.25) is 0 Å². The third kappa shape index (κ3) is 5.64. The van der Waals surface area contributed by atoms with Gasteiger partial charge in [-0.05, 0) is 44.1 Å². The second kappa shape index (κ2) is 9.46. The molecule has 0 bridgehead atoms. The second-order valence-electron chi connectivity index (χ2n) is 7.08. The average Bonchev–Trinajstić information content (AvgIpc) is 3.52. The van der Waals surface area contributed by atoms with Gasteiger partial charge in [0.15, 0.2) is 5.96 Å². The highest BCUT2D eigenvalue weighted by Gasteiger charge is 2.22. The molecule has 1 aromatic rings. The van der Waals surface area contributed by atoms with Gasteiger partial charge in [-0.3, -0.25) is 9.79 Å². The van der Waals surface area contributed by atoms with Crippen molar-refractivity contribution >= 4 is 11.9 Å². The monoisotopic (exact) mass is 358 g/mol. The lowest BCUT2D eigenvalue weighted by Gasteiger charge is -2.27. The van der Waals surface area contributed by atoms with Gasteiger partial charge >= 0.3 is 0 Å². The van der Waals surface area contributed by atoms with Crippen molar-refractivity contribution in [1.82, 2.24) is 15.5 Å². The number of para-hydroxylation sites is 1. The third-order valence-electron chi connectivity index (χ3n) is 4.93. The average molecular weight is 358 g/mol. The molecule has 6 heteroatoms. The standard InChI is InChI=1S/C20H30N4O2/c1-21-20(23-14-19(25)24-11-5-2-6-12-24)22-13-17-7-3-4-8-18(17)26-15-16-9-10-16/h3-4,7-8,16H,2,5-6,9-15H2,1H3,(H2,21,22,23). The molecule has 0 spiro atoms. The van der Waals surface area contributed by atoms with E-state index in [-0.39, 0.29) is 12.5 Å². The Hall–Kier alpha value is -2.24. The van der Waals surface area contributed by atoms with E-state index >= 15 is 0 Å². The molecule has 0 radical (unpaired) electrons. The van der Waals surface area contributed by atoms with Crippen LogP contribution >= 0.6 is 0 Å². The summed E-state index contributed by atoms with van der Waals surface area (Å²) in [5.74, 6) is 2.42. The van der Waals surface area contributed by atoms with E-state index in [1.165, 1.54) is 19.3 Å². The van der Waals surface area contributed by atoms with Crippen molar-refractivity contribution in [3.05, 3.63) is 29.8 Å². The number of nitrogens with one attached hydrogen (secondary N) is 2. The summed E-state index contributed by atoms with van der Waals surface area (Å²) in [6.45, 7) is 3.43. The molecule has 1 amide bonds. The van der Waals surface area contributed by atoms with E-state index in [0.29, 0.717) is 12.5 Å². The highest BCUT2D eigenvalue weighted by Crippen LogP contribution is 2.30. The first kappa shape index (κ1) is 18.5. The molecule has 6 nitrogen and oxygen atoms in total. The van der Waals surface area contributed by atoms with Crippen LogP contribution < -0.4 is 15.4 Å². The smallest absolute Gasteiger partial charge is 0.241 e. The molecule has 142 valence electrons. The van der Waals surface area contributed by atoms with E-state index in [4.69, 9.17) is 4.74 Å². The minimum Gasteiger partial charge on any atom is -0.493 e. The van der Waals surface area contributed by atoms with Gasteiger partial charge in [0.25, 0.3) is 0 Å². The molecule has 2 fully saturated rings. The summed E-state index contributed by atoms with van der Waals surface area (Å²) in [5.41, 5.74) is 1.10. The zero-order valence-electron chi connectivity index (χ0n) is 15.7. The number of benzene rings is 1. The highest BCUT2D eigenvalue weighted by molar-refractivity contribution is 5.86. The van der Waals surface area contributed by atoms with Crippen LogP contribution in [0.4, 0.5) is 0 Å². The number of amides is 1. The maximum absolute atomic E-state index is 12.3. The number of nitrogens with zero attached hydrogens (tertiary/aromatic N) is 2. The highest BCUT2D eigenvalue weighted by atomic mass is 16.5. The number of likely N-dealkylation sites (tertiary alicyclic amines) is 1. The topological polar surface area (TPSA) is 66.0 Å². The van der Waals surface area contributed by atoms with Crippen molar-refractivity contribution in [1.29, 1.82) is 0 Å². The molecule has 1 heterocycles. The summed E-state index contributed by atoms with van der Waals surface area (Å²) < 4.78 is 5.94. The van der Waals surface area contributed by atoms with Gasteiger partial charge in [-0.25, -0.2) is 0 Å². The molecule has 26 heavy (non-hydrogen) atoms. The second-order valence-corrected chi connectivity index (χ2v) is 7.08. The molecule has 1 aliphatic carbocycles. The van der Waals surface area contributed by atoms with E-state index in [1.54, 1.807) is 7.05 Å². The van der Waals surface area contributed by atoms with Crippen LogP contribution in [-0.4, -0.2) is 50.1 Å². The van der Waals surface area contributed by atoms with Crippen LogP contribution in [0.3, 0.4) is 0 Å². The lowest BCUT2D eigenvalue weighted by Crippen LogP contribution is -2.45. The van der Waals surface area contributed by atoms with Crippen molar-refractivity contribution in [2.24, 2.45) is 10.9 Å². The molecule has 2 N–H and O–H groups in total. The number of piperidine rings is 1. The Morgan fingerprint density at radius 1 is 1.19 bits per heavy atom. The fraction of sp³-hybridized carbons (Fsp3) is 0.600. The maximum Gasteiger partial charge on any atom is 0.241 e. The first-order valence-electron chi connectivity index (χ1n) is 9.69. The Bertz CT molecular complexity index is 622. The number of carbonyl (C=O) groups excluding carboxylic acids is 1. The van der Waals surface area contributed by atoms with Gasteiger partial charge in [0.05, 0.1) is 13.2 Å². The summed E-state index contributed by atoms with van der Waals surface area (Å²) in [6, 6.07) is 8.07. The molecule has 0 unspecified atom stereocenters. The maximum atomic E-state index is 12.3. The van der Waals surface area contributed by atoms with Gasteiger partial charge in [0.2, 0.25) is 5.91 Å². The fourth-order valence-corrected chi connectivity index (χ4v) is 3.10. The first-order valence-corrected chi connectivity index (χ1v) is 9.69. The van der Waals surface area contributed by atoms with E-state index in [1.807, 2.05) is 23.1 Å². The fourth-order valence-electron chi connectivity index (χ4n) is 3.10. The van der Waals surface area contributed by atoms with Crippen LogP contribution in [0.15, 0.2) is 29.3 Å². The summed E-state index contributed by atoms with van der Waals surface area (Å²) in [5, 5.41) is 6.40. The van der Waals surface area contributed by atoms with E-state index in [0.717, 1.165) is 49.8 Å². The Morgan fingerprint density at radius 3 is 2.69 bits per heavy atom. The van der Waals surface area contributed by atoms with E-state index in [2.05, 4.69) is 21.7 Å². The Balaban J connectivity index is 1.45. The number of rotatable bonds is 7. The minimum absolute atomic E-state index is 0.140.